The molecule has 0 radical (unpaired) electrons. The highest BCUT2D eigenvalue weighted by Gasteiger charge is 2.06. The lowest BCUT2D eigenvalue weighted by atomic mass is 10.2. The molecule has 100 valence electrons. The Morgan fingerprint density at radius 3 is 2.89 bits per heavy atom. The second kappa shape index (κ2) is 8.07. The predicted octanol–water partition coefficient (Wildman–Crippen LogP) is 1.16. The summed E-state index contributed by atoms with van der Waals surface area (Å²) in [4.78, 5) is 11.7. The number of nitrogen functional groups attached to an aromatic ring is 1. The minimum atomic E-state index is -0.156. The number of hydrogen-bond donors (Lipinski definition) is 3. The zero-order chi connectivity index (χ0) is 13.4. The van der Waals surface area contributed by atoms with Crippen molar-refractivity contribution >= 4 is 27.5 Å². The summed E-state index contributed by atoms with van der Waals surface area (Å²) in [6, 6.07) is 5.08. The molecule has 0 saturated carbocycles. The van der Waals surface area contributed by atoms with E-state index >= 15 is 0 Å². The maximum Gasteiger partial charge on any atom is 0.251 e. The van der Waals surface area contributed by atoms with E-state index in [9.17, 15) is 4.79 Å². The van der Waals surface area contributed by atoms with Gasteiger partial charge in [-0.05, 0) is 40.5 Å². The standard InChI is InChI=1S/C12H17BrN2O3/c13-10-3-2-9(8-11(10)14)12(17)15-4-1-6-18-7-5-16/h2-3,8,16H,1,4-7,14H2,(H,15,17). The van der Waals surface area contributed by atoms with Crippen molar-refractivity contribution in [3.05, 3.63) is 28.2 Å². The number of ether oxygens (including phenoxy) is 1. The molecular formula is C12H17BrN2O3. The van der Waals surface area contributed by atoms with Crippen molar-refractivity contribution in [2.45, 2.75) is 6.42 Å². The number of aliphatic hydroxyl groups excluding tert-OH is 1. The zero-order valence-electron chi connectivity index (χ0n) is 9.99. The van der Waals surface area contributed by atoms with Crippen molar-refractivity contribution in [1.29, 1.82) is 0 Å². The molecule has 0 heterocycles. The van der Waals surface area contributed by atoms with Crippen molar-refractivity contribution < 1.29 is 14.6 Å². The number of benzene rings is 1. The third kappa shape index (κ3) is 5.03. The van der Waals surface area contributed by atoms with Gasteiger partial charge in [0.25, 0.3) is 5.91 Å². The third-order valence-electron chi connectivity index (χ3n) is 2.24. The van der Waals surface area contributed by atoms with Crippen molar-refractivity contribution in [2.75, 3.05) is 32.1 Å². The Morgan fingerprint density at radius 1 is 1.44 bits per heavy atom. The molecule has 5 nitrogen and oxygen atoms in total. The smallest absolute Gasteiger partial charge is 0.251 e. The molecule has 0 saturated heterocycles. The first kappa shape index (κ1) is 14.9. The number of amides is 1. The van der Waals surface area contributed by atoms with Crippen LogP contribution in [-0.2, 0) is 4.74 Å². The Morgan fingerprint density at radius 2 is 2.22 bits per heavy atom. The minimum Gasteiger partial charge on any atom is -0.398 e. The van der Waals surface area contributed by atoms with Gasteiger partial charge < -0.3 is 20.9 Å². The normalized spacial score (nSPS) is 10.3. The molecule has 0 atom stereocenters. The quantitative estimate of drug-likeness (QED) is 0.520. The molecule has 6 heteroatoms. The van der Waals surface area contributed by atoms with Crippen LogP contribution >= 0.6 is 15.9 Å². The Hall–Kier alpha value is -1.11. The highest BCUT2D eigenvalue weighted by molar-refractivity contribution is 9.10. The molecule has 1 rings (SSSR count). The first-order valence-electron chi connectivity index (χ1n) is 5.67. The van der Waals surface area contributed by atoms with Gasteiger partial charge in [-0.2, -0.15) is 0 Å². The summed E-state index contributed by atoms with van der Waals surface area (Å²) in [5.74, 6) is -0.156. The SMILES string of the molecule is Nc1cc(C(=O)NCCCOCCO)ccc1Br. The van der Waals surface area contributed by atoms with Gasteiger partial charge in [0.2, 0.25) is 0 Å². The van der Waals surface area contributed by atoms with Gasteiger partial charge in [0, 0.05) is 28.9 Å². The van der Waals surface area contributed by atoms with Crippen molar-refractivity contribution in [1.82, 2.24) is 5.32 Å². The maximum absolute atomic E-state index is 11.7. The Kier molecular flexibility index (Phi) is 6.70. The maximum atomic E-state index is 11.7. The van der Waals surface area contributed by atoms with E-state index in [2.05, 4.69) is 21.2 Å². The van der Waals surface area contributed by atoms with E-state index in [0.717, 1.165) is 4.47 Å². The van der Waals surface area contributed by atoms with E-state index < -0.39 is 0 Å². The van der Waals surface area contributed by atoms with E-state index in [4.69, 9.17) is 15.6 Å². The van der Waals surface area contributed by atoms with Gasteiger partial charge in [0.1, 0.15) is 0 Å². The van der Waals surface area contributed by atoms with Gasteiger partial charge in [-0.25, -0.2) is 0 Å². The summed E-state index contributed by atoms with van der Waals surface area (Å²) < 4.78 is 5.85. The highest BCUT2D eigenvalue weighted by atomic mass is 79.9. The molecule has 0 unspecified atom stereocenters. The van der Waals surface area contributed by atoms with Crippen molar-refractivity contribution in [2.24, 2.45) is 0 Å². The number of hydrogen-bond acceptors (Lipinski definition) is 4. The van der Waals surface area contributed by atoms with Crippen LogP contribution in [0.3, 0.4) is 0 Å². The minimum absolute atomic E-state index is 0.0184. The van der Waals surface area contributed by atoms with Crippen LogP contribution < -0.4 is 11.1 Å². The summed E-state index contributed by atoms with van der Waals surface area (Å²) in [5, 5.41) is 11.3. The molecule has 0 bridgehead atoms. The molecule has 0 aliphatic carbocycles. The molecule has 1 amide bonds. The first-order valence-corrected chi connectivity index (χ1v) is 6.46. The summed E-state index contributed by atoms with van der Waals surface area (Å²) >= 11 is 3.27. The number of halogens is 1. The van der Waals surface area contributed by atoms with Crippen LogP contribution in [-0.4, -0.2) is 37.4 Å². The summed E-state index contributed by atoms with van der Waals surface area (Å²) in [7, 11) is 0. The van der Waals surface area contributed by atoms with Crippen LogP contribution in [0.15, 0.2) is 22.7 Å². The van der Waals surface area contributed by atoms with Gasteiger partial charge >= 0.3 is 0 Å². The second-order valence-electron chi connectivity index (χ2n) is 3.68. The van der Waals surface area contributed by atoms with Gasteiger partial charge in [-0.1, -0.05) is 0 Å². The van der Waals surface area contributed by atoms with Crippen LogP contribution in [0.5, 0.6) is 0 Å². The fraction of sp³-hybridized carbons (Fsp3) is 0.417. The molecule has 0 aromatic heterocycles. The van der Waals surface area contributed by atoms with Gasteiger partial charge in [0.05, 0.1) is 13.2 Å². The molecule has 1 aromatic rings. The second-order valence-corrected chi connectivity index (χ2v) is 4.54. The molecule has 1 aromatic carbocycles. The Bertz CT molecular complexity index is 399. The number of anilines is 1. The summed E-state index contributed by atoms with van der Waals surface area (Å²) in [6.45, 7) is 1.39. The number of nitrogens with one attached hydrogen (secondary N) is 1. The third-order valence-corrected chi connectivity index (χ3v) is 2.97. The summed E-state index contributed by atoms with van der Waals surface area (Å²) in [5.41, 5.74) is 6.77. The van der Waals surface area contributed by atoms with E-state index in [0.29, 0.717) is 37.4 Å². The fourth-order valence-electron chi connectivity index (χ4n) is 1.33. The number of nitrogens with two attached hydrogens (primary N) is 1. The molecule has 18 heavy (non-hydrogen) atoms. The average Bonchev–Trinajstić information content (AvgIpc) is 2.36. The van der Waals surface area contributed by atoms with E-state index in [1.54, 1.807) is 18.2 Å². The lowest BCUT2D eigenvalue weighted by molar-refractivity contribution is 0.0867. The monoisotopic (exact) mass is 316 g/mol. The number of aliphatic hydroxyl groups is 1. The summed E-state index contributed by atoms with van der Waals surface area (Å²) in [6.07, 6.45) is 0.706. The molecular weight excluding hydrogens is 300 g/mol. The van der Waals surface area contributed by atoms with E-state index in [-0.39, 0.29) is 12.5 Å². The molecule has 0 fully saturated rings. The van der Waals surface area contributed by atoms with Crippen LogP contribution in [0.1, 0.15) is 16.8 Å². The van der Waals surface area contributed by atoms with Crippen molar-refractivity contribution in [3.63, 3.8) is 0 Å². The van der Waals surface area contributed by atoms with Crippen molar-refractivity contribution in [3.8, 4) is 0 Å². The zero-order valence-corrected chi connectivity index (χ0v) is 11.6. The number of rotatable bonds is 7. The average molecular weight is 317 g/mol. The molecule has 4 N–H and O–H groups in total. The van der Waals surface area contributed by atoms with Crippen LogP contribution in [0.25, 0.3) is 0 Å². The van der Waals surface area contributed by atoms with E-state index in [1.807, 2.05) is 0 Å². The van der Waals surface area contributed by atoms with Gasteiger partial charge in [0.15, 0.2) is 0 Å². The Labute approximate surface area is 114 Å². The topological polar surface area (TPSA) is 84.6 Å². The number of carbonyl (C=O) groups is 1. The predicted molar refractivity (Wildman–Crippen MR) is 73.4 cm³/mol. The largest absolute Gasteiger partial charge is 0.398 e. The lowest BCUT2D eigenvalue weighted by Gasteiger charge is -2.07. The molecule has 0 spiro atoms. The fourth-order valence-corrected chi connectivity index (χ4v) is 1.58. The first-order chi connectivity index (χ1) is 8.65. The number of carbonyl (C=O) groups excluding carboxylic acids is 1. The van der Waals surface area contributed by atoms with Crippen LogP contribution in [0.4, 0.5) is 5.69 Å². The lowest BCUT2D eigenvalue weighted by Crippen LogP contribution is -2.25. The van der Waals surface area contributed by atoms with Gasteiger partial charge in [-0.15, -0.1) is 0 Å². The molecule has 0 aliphatic rings. The highest BCUT2D eigenvalue weighted by Crippen LogP contribution is 2.19. The Balaban J connectivity index is 2.30. The van der Waals surface area contributed by atoms with Crippen LogP contribution in [0.2, 0.25) is 0 Å². The van der Waals surface area contributed by atoms with E-state index in [1.165, 1.54) is 0 Å². The van der Waals surface area contributed by atoms with Gasteiger partial charge in [-0.3, -0.25) is 4.79 Å². The molecule has 0 aliphatic heterocycles. The van der Waals surface area contributed by atoms with Crippen LogP contribution in [0, 0.1) is 0 Å².